The van der Waals surface area contributed by atoms with Gasteiger partial charge in [-0.3, -0.25) is 0 Å². The van der Waals surface area contributed by atoms with Gasteiger partial charge in [0, 0.05) is 4.88 Å². The SMILES string of the molecule is CCNC(c1cc(F)c(F)c(F)c1)c1cc(C)c(Br)s1. The molecule has 20 heavy (non-hydrogen) atoms. The fourth-order valence-electron chi connectivity index (χ4n) is 1.95. The molecule has 0 aliphatic carbocycles. The molecule has 0 saturated heterocycles. The number of halogens is 4. The van der Waals surface area contributed by atoms with E-state index in [4.69, 9.17) is 0 Å². The quantitative estimate of drug-likeness (QED) is 0.759. The van der Waals surface area contributed by atoms with E-state index in [2.05, 4.69) is 21.2 Å². The molecule has 1 nitrogen and oxygen atoms in total. The Bertz CT molecular complexity index is 584. The van der Waals surface area contributed by atoms with Crippen LogP contribution in [0, 0.1) is 24.4 Å². The molecule has 2 aromatic rings. The summed E-state index contributed by atoms with van der Waals surface area (Å²) in [4.78, 5) is 0.918. The highest BCUT2D eigenvalue weighted by Crippen LogP contribution is 2.35. The van der Waals surface area contributed by atoms with Crippen molar-refractivity contribution >= 4 is 27.3 Å². The summed E-state index contributed by atoms with van der Waals surface area (Å²) in [5.41, 5.74) is 1.42. The van der Waals surface area contributed by atoms with Crippen LogP contribution < -0.4 is 5.32 Å². The first-order valence-electron chi connectivity index (χ1n) is 6.07. The van der Waals surface area contributed by atoms with Crippen LogP contribution in [0.15, 0.2) is 22.0 Å². The Kier molecular flexibility index (Phi) is 4.88. The second-order valence-corrected chi connectivity index (χ2v) is 6.80. The summed E-state index contributed by atoms with van der Waals surface area (Å²) in [5, 5.41) is 3.16. The molecule has 0 fully saturated rings. The van der Waals surface area contributed by atoms with Crippen molar-refractivity contribution in [2.75, 3.05) is 6.54 Å². The maximum atomic E-state index is 13.4. The van der Waals surface area contributed by atoms with Gasteiger partial charge >= 0.3 is 0 Å². The van der Waals surface area contributed by atoms with E-state index < -0.39 is 17.5 Å². The molecule has 1 aromatic heterocycles. The van der Waals surface area contributed by atoms with Crippen LogP contribution in [0.2, 0.25) is 0 Å². The Morgan fingerprint density at radius 1 is 1.20 bits per heavy atom. The molecule has 1 atom stereocenters. The molecule has 108 valence electrons. The number of thiophene rings is 1. The second-order valence-electron chi connectivity index (χ2n) is 4.39. The lowest BCUT2D eigenvalue weighted by Gasteiger charge is -2.17. The molecule has 0 amide bonds. The zero-order chi connectivity index (χ0) is 14.9. The molecule has 2 rings (SSSR count). The third kappa shape index (κ3) is 3.07. The van der Waals surface area contributed by atoms with E-state index in [1.54, 1.807) is 0 Å². The molecule has 0 radical (unpaired) electrons. The van der Waals surface area contributed by atoms with Crippen LogP contribution in [-0.4, -0.2) is 6.54 Å². The summed E-state index contributed by atoms with van der Waals surface area (Å²) in [7, 11) is 0. The largest absolute Gasteiger partial charge is 0.306 e. The van der Waals surface area contributed by atoms with Gasteiger partial charge in [-0.15, -0.1) is 11.3 Å². The fraction of sp³-hybridized carbons (Fsp3) is 0.286. The third-order valence-electron chi connectivity index (χ3n) is 2.91. The Morgan fingerprint density at radius 3 is 2.25 bits per heavy atom. The lowest BCUT2D eigenvalue weighted by atomic mass is 10.0. The Morgan fingerprint density at radius 2 is 1.80 bits per heavy atom. The average Bonchev–Trinajstić information content (AvgIpc) is 2.72. The molecule has 1 aromatic carbocycles. The van der Waals surface area contributed by atoms with Crippen LogP contribution in [0.1, 0.15) is 29.0 Å². The Balaban J connectivity index is 2.48. The number of nitrogens with one attached hydrogen (secondary N) is 1. The third-order valence-corrected chi connectivity index (χ3v) is 5.11. The standard InChI is InChI=1S/C14H13BrF3NS/c1-3-19-13(11-4-7(2)14(15)20-11)8-5-9(16)12(18)10(17)6-8/h4-6,13,19H,3H2,1-2H3. The summed E-state index contributed by atoms with van der Waals surface area (Å²) < 4.78 is 40.8. The van der Waals surface area contributed by atoms with Gasteiger partial charge in [0.05, 0.1) is 9.83 Å². The first-order valence-corrected chi connectivity index (χ1v) is 7.68. The summed E-state index contributed by atoms with van der Waals surface area (Å²) in [6.45, 7) is 4.47. The molecule has 0 bridgehead atoms. The van der Waals surface area contributed by atoms with Crippen molar-refractivity contribution in [2.45, 2.75) is 19.9 Å². The minimum absolute atomic E-state index is 0.361. The first kappa shape index (κ1) is 15.5. The van der Waals surface area contributed by atoms with Crippen molar-refractivity contribution in [3.05, 3.63) is 55.4 Å². The molecule has 1 unspecified atom stereocenters. The van der Waals surface area contributed by atoms with E-state index in [9.17, 15) is 13.2 Å². The Hall–Kier alpha value is -0.850. The topological polar surface area (TPSA) is 12.0 Å². The van der Waals surface area contributed by atoms with Crippen LogP contribution in [0.5, 0.6) is 0 Å². The molecular weight excluding hydrogens is 351 g/mol. The number of rotatable bonds is 4. The highest BCUT2D eigenvalue weighted by molar-refractivity contribution is 9.11. The summed E-state index contributed by atoms with van der Waals surface area (Å²) in [5.74, 6) is -3.78. The number of benzene rings is 1. The lowest BCUT2D eigenvalue weighted by Crippen LogP contribution is -2.21. The van der Waals surface area contributed by atoms with E-state index in [0.717, 1.165) is 26.4 Å². The minimum atomic E-state index is -1.44. The summed E-state index contributed by atoms with van der Waals surface area (Å²) in [6.07, 6.45) is 0. The van der Waals surface area contributed by atoms with Crippen molar-refractivity contribution in [1.29, 1.82) is 0 Å². The van der Waals surface area contributed by atoms with Gasteiger partial charge in [0.15, 0.2) is 17.5 Å². The van der Waals surface area contributed by atoms with Gasteiger partial charge in [-0.2, -0.15) is 0 Å². The van der Waals surface area contributed by atoms with Crippen molar-refractivity contribution < 1.29 is 13.2 Å². The number of hydrogen-bond acceptors (Lipinski definition) is 2. The monoisotopic (exact) mass is 363 g/mol. The maximum Gasteiger partial charge on any atom is 0.194 e. The van der Waals surface area contributed by atoms with Gasteiger partial charge in [-0.05, 0) is 58.7 Å². The average molecular weight is 364 g/mol. The van der Waals surface area contributed by atoms with Crippen LogP contribution in [0.25, 0.3) is 0 Å². The smallest absolute Gasteiger partial charge is 0.194 e. The van der Waals surface area contributed by atoms with E-state index in [1.807, 2.05) is 19.9 Å². The van der Waals surface area contributed by atoms with Gasteiger partial charge in [0.2, 0.25) is 0 Å². The molecule has 1 heterocycles. The predicted molar refractivity (Wildman–Crippen MR) is 78.6 cm³/mol. The molecule has 0 spiro atoms. The van der Waals surface area contributed by atoms with Gasteiger partial charge in [-0.1, -0.05) is 6.92 Å². The molecular formula is C14H13BrF3NS. The minimum Gasteiger partial charge on any atom is -0.306 e. The maximum absolute atomic E-state index is 13.4. The van der Waals surface area contributed by atoms with Gasteiger partial charge in [0.1, 0.15) is 0 Å². The van der Waals surface area contributed by atoms with Crippen LogP contribution in [-0.2, 0) is 0 Å². The van der Waals surface area contributed by atoms with E-state index in [-0.39, 0.29) is 6.04 Å². The lowest BCUT2D eigenvalue weighted by molar-refractivity contribution is 0.443. The van der Waals surface area contributed by atoms with Crippen molar-refractivity contribution in [2.24, 2.45) is 0 Å². The van der Waals surface area contributed by atoms with Crippen molar-refractivity contribution in [3.63, 3.8) is 0 Å². The highest BCUT2D eigenvalue weighted by Gasteiger charge is 2.20. The molecule has 0 saturated carbocycles. The molecule has 0 aliphatic rings. The van der Waals surface area contributed by atoms with E-state index in [1.165, 1.54) is 11.3 Å². The first-order chi connectivity index (χ1) is 9.43. The normalized spacial score (nSPS) is 12.7. The van der Waals surface area contributed by atoms with E-state index in [0.29, 0.717) is 12.1 Å². The van der Waals surface area contributed by atoms with Crippen LogP contribution in [0.3, 0.4) is 0 Å². The predicted octanol–water partition coefficient (Wildman–Crippen LogP) is 4.94. The van der Waals surface area contributed by atoms with Gasteiger partial charge < -0.3 is 5.32 Å². The zero-order valence-corrected chi connectivity index (χ0v) is 13.3. The molecule has 1 N–H and O–H groups in total. The van der Waals surface area contributed by atoms with Gasteiger partial charge in [0.25, 0.3) is 0 Å². The number of aryl methyl sites for hydroxylation is 1. The molecule has 6 heteroatoms. The second kappa shape index (κ2) is 6.28. The van der Waals surface area contributed by atoms with Crippen molar-refractivity contribution in [3.8, 4) is 0 Å². The molecule has 0 aliphatic heterocycles. The number of hydrogen-bond donors (Lipinski definition) is 1. The van der Waals surface area contributed by atoms with E-state index >= 15 is 0 Å². The summed E-state index contributed by atoms with van der Waals surface area (Å²) >= 11 is 4.92. The Labute approximate surface area is 128 Å². The summed E-state index contributed by atoms with van der Waals surface area (Å²) in [6, 6.07) is 3.66. The van der Waals surface area contributed by atoms with Crippen LogP contribution >= 0.6 is 27.3 Å². The van der Waals surface area contributed by atoms with Crippen molar-refractivity contribution in [1.82, 2.24) is 5.32 Å². The zero-order valence-electron chi connectivity index (χ0n) is 10.9. The fourth-order valence-corrected chi connectivity index (χ4v) is 3.63. The van der Waals surface area contributed by atoms with Crippen LogP contribution in [0.4, 0.5) is 13.2 Å². The highest BCUT2D eigenvalue weighted by atomic mass is 79.9. The van der Waals surface area contributed by atoms with Gasteiger partial charge in [-0.25, -0.2) is 13.2 Å².